The second-order valence-electron chi connectivity index (χ2n) is 10.00. The molecular weight excluding hydrogens is 434 g/mol. The topological polar surface area (TPSA) is 86.8 Å². The van der Waals surface area contributed by atoms with Crippen molar-refractivity contribution in [3.05, 3.63) is 46.7 Å². The Morgan fingerprint density at radius 1 is 1.12 bits per heavy atom. The average Bonchev–Trinajstić information content (AvgIpc) is 3.14. The summed E-state index contributed by atoms with van der Waals surface area (Å²) in [6, 6.07) is 8.51. The van der Waals surface area contributed by atoms with Gasteiger partial charge in [-0.05, 0) is 44.2 Å². The Hall–Kier alpha value is -2.26. The molecule has 2 heterocycles. The summed E-state index contributed by atoms with van der Waals surface area (Å²) in [4.78, 5) is 28.1. The quantitative estimate of drug-likeness (QED) is 0.259. The van der Waals surface area contributed by atoms with Crippen LogP contribution < -0.4 is 5.73 Å². The molecule has 2 N–H and O–H groups in total. The van der Waals surface area contributed by atoms with Crippen molar-refractivity contribution in [2.75, 3.05) is 39.5 Å². The highest BCUT2D eigenvalue weighted by molar-refractivity contribution is 6.76. The Kier molecular flexibility index (Phi) is 8.28. The van der Waals surface area contributed by atoms with Gasteiger partial charge in [0.2, 0.25) is 5.78 Å². The summed E-state index contributed by atoms with van der Waals surface area (Å²) in [6.45, 7) is 14.1. The monoisotopic (exact) mass is 471 g/mol. The second-order valence-corrected chi connectivity index (χ2v) is 15.6. The zero-order valence-corrected chi connectivity index (χ0v) is 21.6. The number of ether oxygens (including phenoxy) is 2. The zero-order valence-electron chi connectivity index (χ0n) is 20.6. The van der Waals surface area contributed by atoms with E-state index in [1.807, 2.05) is 47.6 Å². The van der Waals surface area contributed by atoms with E-state index in [9.17, 15) is 9.59 Å². The van der Waals surface area contributed by atoms with Crippen LogP contribution in [0.4, 0.5) is 0 Å². The summed E-state index contributed by atoms with van der Waals surface area (Å²) >= 11 is 0. The molecule has 3 rings (SSSR count). The number of amides is 1. The summed E-state index contributed by atoms with van der Waals surface area (Å²) in [7, 11) is -1.22. The van der Waals surface area contributed by atoms with E-state index >= 15 is 0 Å². The number of hydrogen-bond acceptors (Lipinski definition) is 5. The number of hydrogen-bond donors (Lipinski definition) is 1. The molecule has 0 unspecified atom stereocenters. The van der Waals surface area contributed by atoms with E-state index in [2.05, 4.69) is 19.6 Å². The lowest BCUT2D eigenvalue weighted by atomic mass is 10.0. The standard InChI is InChI=1S/C25H37N3O4Si/c1-18(2)21(16-26)24(29)23-15-20-14-19(25(30)27-8-10-31-11-9-27)6-7-22(20)28(23)17-32-12-13-33(3,4)5/h6-7,14-15H,8-13,16-17,26H2,1-5H3. The van der Waals surface area contributed by atoms with E-state index in [4.69, 9.17) is 15.2 Å². The highest BCUT2D eigenvalue weighted by Crippen LogP contribution is 2.25. The van der Waals surface area contributed by atoms with Gasteiger partial charge in [-0.3, -0.25) is 9.59 Å². The van der Waals surface area contributed by atoms with Gasteiger partial charge in [0.25, 0.3) is 5.91 Å². The van der Waals surface area contributed by atoms with Crippen molar-refractivity contribution in [3.63, 3.8) is 0 Å². The maximum absolute atomic E-state index is 13.4. The Balaban J connectivity index is 1.96. The van der Waals surface area contributed by atoms with Crippen LogP contribution in [0.15, 0.2) is 35.4 Å². The van der Waals surface area contributed by atoms with Crippen LogP contribution in [-0.2, 0) is 16.2 Å². The molecule has 0 aliphatic carbocycles. The van der Waals surface area contributed by atoms with Crippen LogP contribution in [0, 0.1) is 0 Å². The van der Waals surface area contributed by atoms with Crippen LogP contribution >= 0.6 is 0 Å². The molecule has 0 bridgehead atoms. The van der Waals surface area contributed by atoms with E-state index in [-0.39, 0.29) is 25.0 Å². The Morgan fingerprint density at radius 3 is 2.42 bits per heavy atom. The van der Waals surface area contributed by atoms with Gasteiger partial charge in [0.1, 0.15) is 6.73 Å². The van der Waals surface area contributed by atoms with Crippen LogP contribution in [0.2, 0.25) is 25.7 Å². The van der Waals surface area contributed by atoms with E-state index < -0.39 is 8.07 Å². The highest BCUT2D eigenvalue weighted by atomic mass is 28.3. The van der Waals surface area contributed by atoms with Crippen molar-refractivity contribution in [1.29, 1.82) is 0 Å². The number of benzene rings is 1. The molecule has 1 aromatic heterocycles. The van der Waals surface area contributed by atoms with Gasteiger partial charge in [-0.25, -0.2) is 0 Å². The Bertz CT molecular complexity index is 1040. The van der Waals surface area contributed by atoms with E-state index in [1.165, 1.54) is 0 Å². The van der Waals surface area contributed by atoms with Gasteiger partial charge in [0.05, 0.1) is 24.4 Å². The van der Waals surface area contributed by atoms with Crippen molar-refractivity contribution in [1.82, 2.24) is 9.47 Å². The molecule has 1 aliphatic heterocycles. The first-order valence-electron chi connectivity index (χ1n) is 11.6. The number of allylic oxidation sites excluding steroid dienone is 1. The maximum Gasteiger partial charge on any atom is 0.254 e. The van der Waals surface area contributed by atoms with Crippen molar-refractivity contribution in [2.45, 2.75) is 46.3 Å². The normalized spacial score (nSPS) is 14.5. The second kappa shape index (κ2) is 10.8. The highest BCUT2D eigenvalue weighted by Gasteiger charge is 2.23. The molecule has 1 aromatic carbocycles. The minimum atomic E-state index is -1.22. The number of nitrogens with two attached hydrogens (primary N) is 1. The summed E-state index contributed by atoms with van der Waals surface area (Å²) < 4.78 is 13.3. The first-order chi connectivity index (χ1) is 15.6. The molecule has 33 heavy (non-hydrogen) atoms. The van der Waals surface area contributed by atoms with Gasteiger partial charge in [-0.2, -0.15) is 0 Å². The lowest BCUT2D eigenvalue weighted by Crippen LogP contribution is -2.40. The molecule has 0 spiro atoms. The maximum atomic E-state index is 13.4. The van der Waals surface area contributed by atoms with Gasteiger partial charge >= 0.3 is 0 Å². The molecule has 8 heteroatoms. The molecule has 1 aliphatic rings. The predicted octanol–water partition coefficient (Wildman–Crippen LogP) is 3.90. The SMILES string of the molecule is CC(C)=C(CN)C(=O)c1cc2cc(C(=O)N3CCOCC3)ccc2n1COCC[Si](C)(C)C. The first-order valence-corrected chi connectivity index (χ1v) is 15.3. The number of Topliss-reactive ketones (excluding diaryl/α,β-unsaturated/α-hetero) is 1. The third kappa shape index (κ3) is 6.20. The molecule has 7 nitrogen and oxygen atoms in total. The van der Waals surface area contributed by atoms with Gasteiger partial charge in [0.15, 0.2) is 0 Å². The molecule has 0 saturated carbocycles. The summed E-state index contributed by atoms with van der Waals surface area (Å²) in [5, 5.41) is 0.844. The molecule has 0 radical (unpaired) electrons. The van der Waals surface area contributed by atoms with E-state index in [0.29, 0.717) is 49.7 Å². The van der Waals surface area contributed by atoms with Gasteiger partial charge < -0.3 is 24.7 Å². The van der Waals surface area contributed by atoms with Crippen molar-refractivity contribution >= 4 is 30.7 Å². The summed E-state index contributed by atoms with van der Waals surface area (Å²) in [5.41, 5.74) is 9.43. The third-order valence-corrected chi connectivity index (χ3v) is 7.68. The largest absolute Gasteiger partial charge is 0.378 e. The molecule has 1 saturated heterocycles. The van der Waals surface area contributed by atoms with Crippen LogP contribution in [0.3, 0.4) is 0 Å². The first kappa shape index (κ1) is 25.4. The zero-order chi connectivity index (χ0) is 24.2. The van der Waals surface area contributed by atoms with Crippen molar-refractivity contribution in [2.24, 2.45) is 5.73 Å². The lowest BCUT2D eigenvalue weighted by molar-refractivity contribution is 0.0303. The minimum Gasteiger partial charge on any atom is -0.378 e. The molecule has 2 aromatic rings. The fourth-order valence-electron chi connectivity index (χ4n) is 3.89. The Labute approximate surface area is 197 Å². The van der Waals surface area contributed by atoms with Gasteiger partial charge in [0, 0.05) is 50.8 Å². The average molecular weight is 472 g/mol. The smallest absolute Gasteiger partial charge is 0.254 e. The van der Waals surface area contributed by atoms with Crippen LogP contribution in [-0.4, -0.2) is 68.7 Å². The molecule has 1 amide bonds. The molecule has 180 valence electrons. The van der Waals surface area contributed by atoms with Gasteiger partial charge in [-0.1, -0.05) is 25.2 Å². The fourth-order valence-corrected chi connectivity index (χ4v) is 4.65. The van der Waals surface area contributed by atoms with Crippen LogP contribution in [0.5, 0.6) is 0 Å². The number of morpholine rings is 1. The number of carbonyl (C=O) groups is 2. The lowest BCUT2D eigenvalue weighted by Gasteiger charge is -2.26. The van der Waals surface area contributed by atoms with Gasteiger partial charge in [-0.15, -0.1) is 0 Å². The number of ketones is 1. The fraction of sp³-hybridized carbons (Fsp3) is 0.520. The molecule has 1 fully saturated rings. The predicted molar refractivity (Wildman–Crippen MR) is 135 cm³/mol. The Morgan fingerprint density at radius 2 is 1.82 bits per heavy atom. The number of carbonyl (C=O) groups excluding carboxylic acids is 2. The van der Waals surface area contributed by atoms with E-state index in [1.54, 1.807) is 0 Å². The van der Waals surface area contributed by atoms with Crippen LogP contribution in [0.1, 0.15) is 34.7 Å². The summed E-state index contributed by atoms with van der Waals surface area (Å²) in [5.74, 6) is -0.109. The van der Waals surface area contributed by atoms with Crippen molar-refractivity contribution < 1.29 is 19.1 Å². The molecular formula is C25H37N3O4Si. The number of aromatic nitrogens is 1. The van der Waals surface area contributed by atoms with Crippen LogP contribution in [0.25, 0.3) is 10.9 Å². The molecule has 0 atom stereocenters. The van der Waals surface area contributed by atoms with Crippen molar-refractivity contribution in [3.8, 4) is 0 Å². The third-order valence-electron chi connectivity index (χ3n) is 5.98. The minimum absolute atomic E-state index is 0.0147. The van der Waals surface area contributed by atoms with E-state index in [0.717, 1.165) is 22.5 Å². The summed E-state index contributed by atoms with van der Waals surface area (Å²) in [6.07, 6.45) is 0. The number of nitrogens with zero attached hydrogens (tertiary/aromatic N) is 2. The number of fused-ring (bicyclic) bond motifs is 1. The number of rotatable bonds is 9.